The minimum Gasteiger partial charge on any atom is -0.481 e. The predicted octanol–water partition coefficient (Wildman–Crippen LogP) is 2.92. The van der Waals surface area contributed by atoms with Gasteiger partial charge in [-0.2, -0.15) is 0 Å². The van der Waals surface area contributed by atoms with Crippen molar-refractivity contribution in [3.8, 4) is 0 Å². The largest absolute Gasteiger partial charge is 0.481 e. The number of rotatable bonds is 7. The molecule has 0 aromatic carbocycles. The first-order valence-electron chi connectivity index (χ1n) is 7.36. The number of amides is 1. The van der Waals surface area contributed by atoms with Gasteiger partial charge < -0.3 is 10.0 Å². The van der Waals surface area contributed by atoms with Crippen molar-refractivity contribution in [1.29, 1.82) is 0 Å². The van der Waals surface area contributed by atoms with E-state index in [0.717, 1.165) is 6.42 Å². The molecule has 1 saturated heterocycles. The molecule has 1 fully saturated rings. The zero-order valence-electron chi connectivity index (χ0n) is 12.4. The van der Waals surface area contributed by atoms with E-state index in [4.69, 9.17) is 5.11 Å². The lowest BCUT2D eigenvalue weighted by molar-refractivity contribution is -0.148. The average molecular weight is 269 g/mol. The van der Waals surface area contributed by atoms with Crippen LogP contribution in [0.3, 0.4) is 0 Å². The molecule has 1 heterocycles. The molecule has 1 atom stereocenters. The fourth-order valence-electron chi connectivity index (χ4n) is 2.72. The normalized spacial score (nSPS) is 20.7. The predicted molar refractivity (Wildman–Crippen MR) is 74.9 cm³/mol. The molecule has 0 radical (unpaired) electrons. The molecule has 19 heavy (non-hydrogen) atoms. The Labute approximate surface area is 116 Å². The van der Waals surface area contributed by atoms with Crippen LogP contribution in [-0.2, 0) is 9.59 Å². The molecule has 1 amide bonds. The molecule has 1 aliphatic rings. The lowest BCUT2D eigenvalue weighted by Gasteiger charge is -2.37. The van der Waals surface area contributed by atoms with Gasteiger partial charge in [0.15, 0.2) is 0 Å². The van der Waals surface area contributed by atoms with Crippen LogP contribution in [0.25, 0.3) is 0 Å². The van der Waals surface area contributed by atoms with E-state index in [2.05, 4.69) is 20.8 Å². The molecular formula is C15H27NO3. The minimum atomic E-state index is -0.777. The Hall–Kier alpha value is -1.06. The van der Waals surface area contributed by atoms with Gasteiger partial charge >= 0.3 is 5.97 Å². The summed E-state index contributed by atoms with van der Waals surface area (Å²) in [6.45, 7) is 7.57. The van der Waals surface area contributed by atoms with E-state index >= 15 is 0 Å². The van der Waals surface area contributed by atoms with Gasteiger partial charge in [-0.3, -0.25) is 9.59 Å². The Morgan fingerprint density at radius 3 is 2.68 bits per heavy atom. The molecule has 0 aliphatic carbocycles. The third-order valence-electron chi connectivity index (χ3n) is 3.93. The standard InChI is InChI=1S/C15H27NO3/c1-4-5-6-9-15(2,3)11-16-10-12(14(18)19)7-8-13(16)17/h12H,4-11H2,1-3H3,(H,18,19). The second-order valence-corrected chi connectivity index (χ2v) is 6.47. The van der Waals surface area contributed by atoms with E-state index in [-0.39, 0.29) is 17.2 Å². The number of piperidine rings is 1. The second-order valence-electron chi connectivity index (χ2n) is 6.47. The molecule has 1 N–H and O–H groups in total. The smallest absolute Gasteiger partial charge is 0.308 e. The summed E-state index contributed by atoms with van der Waals surface area (Å²) in [6.07, 6.45) is 5.54. The summed E-state index contributed by atoms with van der Waals surface area (Å²) < 4.78 is 0. The Morgan fingerprint density at radius 2 is 2.11 bits per heavy atom. The van der Waals surface area contributed by atoms with Crippen LogP contribution in [0.2, 0.25) is 0 Å². The number of carbonyl (C=O) groups is 2. The van der Waals surface area contributed by atoms with E-state index in [1.807, 2.05) is 0 Å². The van der Waals surface area contributed by atoms with E-state index in [0.29, 0.717) is 25.9 Å². The van der Waals surface area contributed by atoms with Crippen molar-refractivity contribution in [2.75, 3.05) is 13.1 Å². The minimum absolute atomic E-state index is 0.0746. The highest BCUT2D eigenvalue weighted by Crippen LogP contribution is 2.28. The van der Waals surface area contributed by atoms with Gasteiger partial charge in [0.25, 0.3) is 0 Å². The maximum atomic E-state index is 11.9. The molecular weight excluding hydrogens is 242 g/mol. The van der Waals surface area contributed by atoms with E-state index < -0.39 is 5.97 Å². The summed E-state index contributed by atoms with van der Waals surface area (Å²) in [5, 5.41) is 9.08. The number of unbranched alkanes of at least 4 members (excludes halogenated alkanes) is 2. The van der Waals surface area contributed by atoms with E-state index in [9.17, 15) is 9.59 Å². The summed E-state index contributed by atoms with van der Waals surface area (Å²) in [6, 6.07) is 0. The van der Waals surface area contributed by atoms with Crippen LogP contribution >= 0.6 is 0 Å². The van der Waals surface area contributed by atoms with Crippen molar-refractivity contribution in [2.45, 2.75) is 59.3 Å². The third-order valence-corrected chi connectivity index (χ3v) is 3.93. The van der Waals surface area contributed by atoms with Crippen LogP contribution in [0.4, 0.5) is 0 Å². The maximum absolute atomic E-state index is 11.9. The number of nitrogens with zero attached hydrogens (tertiary/aromatic N) is 1. The number of likely N-dealkylation sites (tertiary alicyclic amines) is 1. The highest BCUT2D eigenvalue weighted by Gasteiger charge is 2.33. The lowest BCUT2D eigenvalue weighted by Crippen LogP contribution is -2.46. The fraction of sp³-hybridized carbons (Fsp3) is 0.867. The highest BCUT2D eigenvalue weighted by molar-refractivity contribution is 5.80. The van der Waals surface area contributed by atoms with Crippen LogP contribution < -0.4 is 0 Å². The fourth-order valence-corrected chi connectivity index (χ4v) is 2.72. The molecule has 1 unspecified atom stereocenters. The molecule has 4 heteroatoms. The molecule has 1 rings (SSSR count). The van der Waals surface area contributed by atoms with Gasteiger partial charge in [-0.05, 0) is 18.3 Å². The summed E-state index contributed by atoms with van der Waals surface area (Å²) >= 11 is 0. The van der Waals surface area contributed by atoms with Gasteiger partial charge in [0.05, 0.1) is 5.92 Å². The van der Waals surface area contributed by atoms with Crippen molar-refractivity contribution >= 4 is 11.9 Å². The Bertz CT molecular complexity index is 325. The number of hydrogen-bond acceptors (Lipinski definition) is 2. The van der Waals surface area contributed by atoms with Gasteiger partial charge in [-0.15, -0.1) is 0 Å². The van der Waals surface area contributed by atoms with Crippen molar-refractivity contribution in [3.05, 3.63) is 0 Å². The number of carboxylic acid groups (broad SMARTS) is 1. The van der Waals surface area contributed by atoms with Gasteiger partial charge in [-0.1, -0.05) is 40.0 Å². The number of hydrogen-bond donors (Lipinski definition) is 1. The third kappa shape index (κ3) is 5.21. The van der Waals surface area contributed by atoms with Crippen LogP contribution in [0.1, 0.15) is 59.3 Å². The van der Waals surface area contributed by atoms with Gasteiger partial charge in [0.1, 0.15) is 0 Å². The summed E-state index contributed by atoms with van der Waals surface area (Å²) in [5.41, 5.74) is 0.0746. The van der Waals surface area contributed by atoms with Crippen molar-refractivity contribution in [3.63, 3.8) is 0 Å². The first kappa shape index (κ1) is 16.0. The molecule has 0 spiro atoms. The van der Waals surface area contributed by atoms with Crippen molar-refractivity contribution < 1.29 is 14.7 Å². The number of aliphatic carboxylic acids is 1. The Balaban J connectivity index is 2.52. The van der Waals surface area contributed by atoms with Crippen molar-refractivity contribution in [2.24, 2.45) is 11.3 Å². The van der Waals surface area contributed by atoms with Crippen molar-refractivity contribution in [1.82, 2.24) is 4.90 Å². The molecule has 4 nitrogen and oxygen atoms in total. The monoisotopic (exact) mass is 269 g/mol. The molecule has 0 saturated carbocycles. The van der Waals surface area contributed by atoms with Crippen LogP contribution in [0.15, 0.2) is 0 Å². The summed E-state index contributed by atoms with van der Waals surface area (Å²) in [5.74, 6) is -1.05. The van der Waals surface area contributed by atoms with Gasteiger partial charge in [0, 0.05) is 19.5 Å². The second kappa shape index (κ2) is 6.92. The van der Waals surface area contributed by atoms with Crippen LogP contribution in [-0.4, -0.2) is 35.0 Å². The number of carboxylic acids is 1. The molecule has 110 valence electrons. The van der Waals surface area contributed by atoms with Gasteiger partial charge in [-0.25, -0.2) is 0 Å². The first-order valence-corrected chi connectivity index (χ1v) is 7.36. The summed E-state index contributed by atoms with van der Waals surface area (Å²) in [4.78, 5) is 24.7. The van der Waals surface area contributed by atoms with Crippen LogP contribution in [0.5, 0.6) is 0 Å². The Kier molecular flexibility index (Phi) is 5.83. The highest BCUT2D eigenvalue weighted by atomic mass is 16.4. The molecule has 0 aromatic heterocycles. The van der Waals surface area contributed by atoms with E-state index in [1.165, 1.54) is 19.3 Å². The first-order chi connectivity index (χ1) is 8.85. The van der Waals surface area contributed by atoms with Gasteiger partial charge in [0.2, 0.25) is 5.91 Å². The topological polar surface area (TPSA) is 57.6 Å². The molecule has 0 aromatic rings. The molecule has 1 aliphatic heterocycles. The number of carbonyl (C=O) groups excluding carboxylic acids is 1. The maximum Gasteiger partial charge on any atom is 0.308 e. The lowest BCUT2D eigenvalue weighted by atomic mass is 9.85. The zero-order valence-corrected chi connectivity index (χ0v) is 12.4. The Morgan fingerprint density at radius 1 is 1.42 bits per heavy atom. The quantitative estimate of drug-likeness (QED) is 0.723. The summed E-state index contributed by atoms with van der Waals surface area (Å²) in [7, 11) is 0. The van der Waals surface area contributed by atoms with Crippen LogP contribution in [0, 0.1) is 11.3 Å². The SMILES string of the molecule is CCCCCC(C)(C)CN1CC(C(=O)O)CCC1=O. The zero-order chi connectivity index (χ0) is 14.5. The molecule has 0 bridgehead atoms. The van der Waals surface area contributed by atoms with E-state index in [1.54, 1.807) is 4.90 Å². The average Bonchev–Trinajstić information content (AvgIpc) is 2.31.